The van der Waals surface area contributed by atoms with Crippen LogP contribution in [-0.4, -0.2) is 40.7 Å². The molecule has 6 nitrogen and oxygen atoms in total. The number of para-hydroxylation sites is 1. The van der Waals surface area contributed by atoms with Crippen molar-refractivity contribution in [3.63, 3.8) is 0 Å². The van der Waals surface area contributed by atoms with Crippen molar-refractivity contribution in [3.8, 4) is 22.9 Å². The van der Waals surface area contributed by atoms with Gasteiger partial charge in [0, 0.05) is 11.1 Å². The van der Waals surface area contributed by atoms with Gasteiger partial charge in [-0.25, -0.2) is 4.98 Å². The predicted octanol–water partition coefficient (Wildman–Crippen LogP) is 3.86. The SMILES string of the molecule is O=C(CO)c1ccc2nc(-c3cccc(OCCOc4ccccc4)c3)[nH]c2c1. The second-order valence-corrected chi connectivity index (χ2v) is 6.44. The van der Waals surface area contributed by atoms with E-state index in [1.165, 1.54) is 0 Å². The van der Waals surface area contributed by atoms with Crippen LogP contribution in [0.1, 0.15) is 10.4 Å². The highest BCUT2D eigenvalue weighted by molar-refractivity contribution is 5.99. The van der Waals surface area contributed by atoms with Gasteiger partial charge in [-0.05, 0) is 42.5 Å². The zero-order valence-electron chi connectivity index (χ0n) is 15.7. The van der Waals surface area contributed by atoms with Crippen molar-refractivity contribution in [2.24, 2.45) is 0 Å². The lowest BCUT2D eigenvalue weighted by molar-refractivity contribution is 0.0904. The van der Waals surface area contributed by atoms with E-state index in [0.29, 0.717) is 24.6 Å². The molecule has 29 heavy (non-hydrogen) atoms. The number of aromatic amines is 1. The predicted molar refractivity (Wildman–Crippen MR) is 110 cm³/mol. The molecule has 4 aromatic rings. The molecule has 0 spiro atoms. The van der Waals surface area contributed by atoms with Crippen molar-refractivity contribution in [2.45, 2.75) is 0 Å². The first kappa shape index (κ1) is 18.7. The van der Waals surface area contributed by atoms with Gasteiger partial charge in [0.25, 0.3) is 0 Å². The Morgan fingerprint density at radius 1 is 0.897 bits per heavy atom. The summed E-state index contributed by atoms with van der Waals surface area (Å²) in [6.45, 7) is 0.353. The number of aliphatic hydroxyl groups excluding tert-OH is 1. The highest BCUT2D eigenvalue weighted by atomic mass is 16.5. The van der Waals surface area contributed by atoms with Gasteiger partial charge in [0.2, 0.25) is 0 Å². The number of benzene rings is 3. The number of ether oxygens (including phenoxy) is 2. The molecule has 0 atom stereocenters. The number of Topliss-reactive ketones (excluding diaryl/α,β-unsaturated/α-hetero) is 1. The van der Waals surface area contributed by atoms with Crippen molar-refractivity contribution < 1.29 is 19.4 Å². The number of hydrogen-bond acceptors (Lipinski definition) is 5. The minimum absolute atomic E-state index is 0.323. The van der Waals surface area contributed by atoms with Crippen molar-refractivity contribution in [2.75, 3.05) is 19.8 Å². The first-order valence-electron chi connectivity index (χ1n) is 9.28. The minimum Gasteiger partial charge on any atom is -0.490 e. The molecule has 1 heterocycles. The van der Waals surface area contributed by atoms with Crippen LogP contribution in [0.15, 0.2) is 72.8 Å². The van der Waals surface area contributed by atoms with E-state index in [2.05, 4.69) is 9.97 Å². The van der Waals surface area contributed by atoms with Crippen molar-refractivity contribution in [1.29, 1.82) is 0 Å². The Balaban J connectivity index is 1.44. The summed E-state index contributed by atoms with van der Waals surface area (Å²) in [5.74, 6) is 1.89. The number of carbonyl (C=O) groups is 1. The summed E-state index contributed by atoms with van der Waals surface area (Å²) in [6.07, 6.45) is 0. The Bertz CT molecular complexity index is 1120. The molecular weight excluding hydrogens is 368 g/mol. The van der Waals surface area contributed by atoms with Gasteiger partial charge < -0.3 is 19.6 Å². The largest absolute Gasteiger partial charge is 0.490 e. The summed E-state index contributed by atoms with van der Waals surface area (Å²) in [4.78, 5) is 19.5. The van der Waals surface area contributed by atoms with Crippen LogP contribution in [0.4, 0.5) is 0 Å². The third-order valence-electron chi connectivity index (χ3n) is 4.42. The smallest absolute Gasteiger partial charge is 0.188 e. The lowest BCUT2D eigenvalue weighted by atomic mass is 10.1. The van der Waals surface area contributed by atoms with Gasteiger partial charge in [-0.1, -0.05) is 30.3 Å². The Kier molecular flexibility index (Phi) is 5.54. The normalized spacial score (nSPS) is 10.8. The van der Waals surface area contributed by atoms with E-state index in [9.17, 15) is 4.79 Å². The average molecular weight is 388 g/mol. The third kappa shape index (κ3) is 4.44. The lowest BCUT2D eigenvalue weighted by Gasteiger charge is -2.09. The van der Waals surface area contributed by atoms with Crippen LogP contribution in [-0.2, 0) is 0 Å². The molecule has 1 aromatic heterocycles. The lowest BCUT2D eigenvalue weighted by Crippen LogP contribution is -2.08. The minimum atomic E-state index is -0.514. The molecule has 0 radical (unpaired) electrons. The average Bonchev–Trinajstić information content (AvgIpc) is 3.20. The Hall–Kier alpha value is -3.64. The number of H-pyrrole nitrogens is 1. The Morgan fingerprint density at radius 2 is 1.66 bits per heavy atom. The van der Waals surface area contributed by atoms with E-state index < -0.39 is 6.61 Å². The van der Waals surface area contributed by atoms with Gasteiger partial charge in [0.1, 0.15) is 37.1 Å². The number of ketones is 1. The molecule has 4 rings (SSSR count). The van der Waals surface area contributed by atoms with Crippen LogP contribution < -0.4 is 9.47 Å². The maximum Gasteiger partial charge on any atom is 0.188 e. The second kappa shape index (κ2) is 8.58. The van der Waals surface area contributed by atoms with Gasteiger partial charge >= 0.3 is 0 Å². The Morgan fingerprint density at radius 3 is 2.45 bits per heavy atom. The molecule has 0 amide bonds. The third-order valence-corrected chi connectivity index (χ3v) is 4.42. The molecule has 0 saturated heterocycles. The molecule has 0 aliphatic heterocycles. The van der Waals surface area contributed by atoms with Gasteiger partial charge in [-0.3, -0.25) is 4.79 Å². The second-order valence-electron chi connectivity index (χ2n) is 6.44. The summed E-state index contributed by atoms with van der Waals surface area (Å²) >= 11 is 0. The molecule has 146 valence electrons. The van der Waals surface area contributed by atoms with Crippen LogP contribution in [0.5, 0.6) is 11.5 Å². The van der Waals surface area contributed by atoms with Crippen molar-refractivity contribution in [3.05, 3.63) is 78.4 Å². The number of hydrogen-bond donors (Lipinski definition) is 2. The number of nitrogens with one attached hydrogen (secondary N) is 1. The summed E-state index contributed by atoms with van der Waals surface area (Å²) < 4.78 is 11.4. The van der Waals surface area contributed by atoms with Crippen LogP contribution in [0.25, 0.3) is 22.4 Å². The van der Waals surface area contributed by atoms with Crippen LogP contribution in [0.3, 0.4) is 0 Å². The number of rotatable bonds is 8. The fraction of sp³-hybridized carbons (Fsp3) is 0.130. The van der Waals surface area contributed by atoms with E-state index in [-0.39, 0.29) is 5.78 Å². The highest BCUT2D eigenvalue weighted by Gasteiger charge is 2.10. The van der Waals surface area contributed by atoms with Gasteiger partial charge in [0.05, 0.1) is 11.0 Å². The van der Waals surface area contributed by atoms with E-state index in [0.717, 1.165) is 28.1 Å². The van der Waals surface area contributed by atoms with Crippen LogP contribution >= 0.6 is 0 Å². The molecule has 0 bridgehead atoms. The molecular formula is C23H20N2O4. The molecule has 3 aromatic carbocycles. The number of aliphatic hydroxyl groups is 1. The molecule has 0 unspecified atom stereocenters. The maximum absolute atomic E-state index is 11.7. The molecule has 0 aliphatic rings. The standard InChI is InChI=1S/C23H20N2O4/c26-15-22(27)16-9-10-20-21(14-16)25-23(24-20)17-5-4-8-19(13-17)29-12-11-28-18-6-2-1-3-7-18/h1-10,13-14,26H,11-12,15H2,(H,24,25). The highest BCUT2D eigenvalue weighted by Crippen LogP contribution is 2.25. The van der Waals surface area contributed by atoms with Gasteiger partial charge in [0.15, 0.2) is 5.78 Å². The first-order chi connectivity index (χ1) is 14.2. The van der Waals surface area contributed by atoms with Crippen molar-refractivity contribution in [1.82, 2.24) is 9.97 Å². The van der Waals surface area contributed by atoms with Gasteiger partial charge in [-0.2, -0.15) is 0 Å². The zero-order valence-corrected chi connectivity index (χ0v) is 15.7. The maximum atomic E-state index is 11.7. The van der Waals surface area contributed by atoms with Crippen molar-refractivity contribution >= 4 is 16.8 Å². The van der Waals surface area contributed by atoms with E-state index in [4.69, 9.17) is 14.6 Å². The summed E-state index contributed by atoms with van der Waals surface area (Å²) in [6, 6.07) is 22.4. The number of imidazole rings is 1. The van der Waals surface area contributed by atoms with E-state index in [1.807, 2.05) is 54.6 Å². The number of fused-ring (bicyclic) bond motifs is 1. The number of carbonyl (C=O) groups excluding carboxylic acids is 1. The summed E-state index contributed by atoms with van der Waals surface area (Å²) in [7, 11) is 0. The number of aromatic nitrogens is 2. The van der Waals surface area contributed by atoms with Gasteiger partial charge in [-0.15, -0.1) is 0 Å². The van der Waals surface area contributed by atoms with Crippen LogP contribution in [0.2, 0.25) is 0 Å². The molecule has 6 heteroatoms. The molecule has 2 N–H and O–H groups in total. The summed E-state index contributed by atoms with van der Waals surface area (Å²) in [5, 5.41) is 9.03. The molecule has 0 saturated carbocycles. The topological polar surface area (TPSA) is 84.4 Å². The fourth-order valence-electron chi connectivity index (χ4n) is 2.98. The first-order valence-corrected chi connectivity index (χ1v) is 9.28. The Labute approximate surface area is 167 Å². The molecule has 0 aliphatic carbocycles. The quantitative estimate of drug-likeness (QED) is 0.354. The van der Waals surface area contributed by atoms with Crippen LogP contribution in [0, 0.1) is 0 Å². The molecule has 0 fully saturated rings. The van der Waals surface area contributed by atoms with E-state index >= 15 is 0 Å². The van der Waals surface area contributed by atoms with E-state index in [1.54, 1.807) is 18.2 Å². The number of nitrogens with zero attached hydrogens (tertiary/aromatic N) is 1. The fourth-order valence-corrected chi connectivity index (χ4v) is 2.98. The zero-order chi connectivity index (χ0) is 20.1. The summed E-state index contributed by atoms with van der Waals surface area (Å²) in [5.41, 5.74) is 2.81. The monoisotopic (exact) mass is 388 g/mol.